The van der Waals surface area contributed by atoms with Crippen LogP contribution in [0.4, 0.5) is 4.39 Å². The summed E-state index contributed by atoms with van der Waals surface area (Å²) in [6.45, 7) is 10.6. The van der Waals surface area contributed by atoms with Crippen LogP contribution in [-0.2, 0) is 14.8 Å². The van der Waals surface area contributed by atoms with Crippen molar-refractivity contribution in [1.82, 2.24) is 14.1 Å². The van der Waals surface area contributed by atoms with Crippen LogP contribution >= 0.6 is 11.6 Å². The maximum Gasteiger partial charge on any atom is 0.243 e. The van der Waals surface area contributed by atoms with Crippen LogP contribution in [0, 0.1) is 11.7 Å². The van der Waals surface area contributed by atoms with Gasteiger partial charge in [-0.1, -0.05) is 32.4 Å². The average Bonchev–Trinajstić information content (AvgIpc) is 2.67. The van der Waals surface area contributed by atoms with E-state index in [1.165, 1.54) is 10.4 Å². The number of hydrogen-bond acceptors (Lipinski definition) is 4. The summed E-state index contributed by atoms with van der Waals surface area (Å²) in [4.78, 5) is 16.5. The standard InChI is InChI=1S/C19H29ClFN3O3S/c1-5-22(15(4)14(2)3)13-19(25)23-8-10-24(11-9-23)28(26,27)16-6-7-18(21)17(20)12-16/h6-7,12,14-15H,5,8-11,13H2,1-4H3. The van der Waals surface area contributed by atoms with E-state index in [0.29, 0.717) is 31.6 Å². The van der Waals surface area contributed by atoms with Crippen LogP contribution in [0.5, 0.6) is 0 Å². The Morgan fingerprint density at radius 1 is 1.21 bits per heavy atom. The minimum atomic E-state index is -3.77. The highest BCUT2D eigenvalue weighted by Gasteiger charge is 2.31. The zero-order valence-corrected chi connectivity index (χ0v) is 18.4. The van der Waals surface area contributed by atoms with Crippen molar-refractivity contribution in [2.75, 3.05) is 39.3 Å². The average molecular weight is 434 g/mol. The number of carbonyl (C=O) groups excluding carboxylic acids is 1. The molecule has 0 aromatic heterocycles. The number of hydrogen-bond donors (Lipinski definition) is 0. The molecule has 0 bridgehead atoms. The monoisotopic (exact) mass is 433 g/mol. The molecule has 1 aliphatic heterocycles. The first-order valence-corrected chi connectivity index (χ1v) is 11.4. The summed E-state index contributed by atoms with van der Waals surface area (Å²) < 4.78 is 40.1. The van der Waals surface area contributed by atoms with Gasteiger partial charge in [0.2, 0.25) is 15.9 Å². The summed E-state index contributed by atoms with van der Waals surface area (Å²) >= 11 is 5.72. The molecule has 1 saturated heterocycles. The van der Waals surface area contributed by atoms with E-state index in [1.807, 2.05) is 6.92 Å². The van der Waals surface area contributed by atoms with Crippen molar-refractivity contribution < 1.29 is 17.6 Å². The Hall–Kier alpha value is -1.22. The Kier molecular flexibility index (Phi) is 7.84. The lowest BCUT2D eigenvalue weighted by molar-refractivity contribution is -0.134. The molecule has 1 amide bonds. The van der Waals surface area contributed by atoms with Crippen molar-refractivity contribution >= 4 is 27.5 Å². The molecule has 2 rings (SSSR count). The van der Waals surface area contributed by atoms with Crippen LogP contribution in [0.2, 0.25) is 5.02 Å². The van der Waals surface area contributed by atoms with E-state index in [-0.39, 0.29) is 28.9 Å². The third kappa shape index (κ3) is 5.23. The van der Waals surface area contributed by atoms with Crippen molar-refractivity contribution in [2.45, 2.75) is 38.6 Å². The third-order valence-electron chi connectivity index (χ3n) is 5.41. The van der Waals surface area contributed by atoms with Crippen molar-refractivity contribution in [3.05, 3.63) is 29.0 Å². The fourth-order valence-electron chi connectivity index (χ4n) is 3.20. The molecular weight excluding hydrogens is 405 g/mol. The fourth-order valence-corrected chi connectivity index (χ4v) is 4.90. The lowest BCUT2D eigenvalue weighted by Gasteiger charge is -2.36. The molecule has 1 aromatic carbocycles. The number of halogens is 2. The SMILES string of the molecule is CCN(CC(=O)N1CCN(S(=O)(=O)c2ccc(F)c(Cl)c2)CC1)C(C)C(C)C. The minimum absolute atomic E-state index is 0.0104. The molecule has 0 saturated carbocycles. The summed E-state index contributed by atoms with van der Waals surface area (Å²) in [5.41, 5.74) is 0. The lowest BCUT2D eigenvalue weighted by Crippen LogP contribution is -2.53. The Labute approximate surface area is 172 Å². The smallest absolute Gasteiger partial charge is 0.243 e. The number of nitrogens with zero attached hydrogens (tertiary/aromatic N) is 3. The maximum absolute atomic E-state index is 13.3. The molecule has 1 atom stereocenters. The van der Waals surface area contributed by atoms with Gasteiger partial charge in [0, 0.05) is 32.2 Å². The molecule has 1 heterocycles. The second kappa shape index (κ2) is 9.52. The molecule has 1 fully saturated rings. The molecule has 1 aliphatic rings. The van der Waals surface area contributed by atoms with E-state index in [0.717, 1.165) is 18.7 Å². The molecule has 1 aromatic rings. The number of carbonyl (C=O) groups is 1. The molecule has 0 radical (unpaired) electrons. The van der Waals surface area contributed by atoms with Crippen LogP contribution in [0.3, 0.4) is 0 Å². The number of benzene rings is 1. The molecule has 6 nitrogen and oxygen atoms in total. The van der Waals surface area contributed by atoms with Crippen molar-refractivity contribution in [2.24, 2.45) is 5.92 Å². The molecule has 0 aliphatic carbocycles. The van der Waals surface area contributed by atoms with Gasteiger partial charge in [0.15, 0.2) is 0 Å². The van der Waals surface area contributed by atoms with Crippen LogP contribution in [0.15, 0.2) is 23.1 Å². The highest BCUT2D eigenvalue weighted by atomic mass is 35.5. The van der Waals surface area contributed by atoms with E-state index < -0.39 is 15.8 Å². The number of likely N-dealkylation sites (N-methyl/N-ethyl adjacent to an activating group) is 1. The number of piperazine rings is 1. The molecular formula is C19H29ClFN3O3S. The molecule has 0 spiro atoms. The summed E-state index contributed by atoms with van der Waals surface area (Å²) in [5.74, 6) is -0.208. The van der Waals surface area contributed by atoms with Gasteiger partial charge in [-0.25, -0.2) is 12.8 Å². The van der Waals surface area contributed by atoms with Crippen molar-refractivity contribution in [3.63, 3.8) is 0 Å². The zero-order valence-electron chi connectivity index (χ0n) is 16.9. The number of amides is 1. The summed E-state index contributed by atoms with van der Waals surface area (Å²) in [6, 6.07) is 3.67. The van der Waals surface area contributed by atoms with Gasteiger partial charge in [0.1, 0.15) is 5.82 Å². The van der Waals surface area contributed by atoms with E-state index >= 15 is 0 Å². The van der Waals surface area contributed by atoms with Crippen molar-refractivity contribution in [1.29, 1.82) is 0 Å². The van der Waals surface area contributed by atoms with E-state index in [1.54, 1.807) is 4.90 Å². The summed E-state index contributed by atoms with van der Waals surface area (Å²) in [6.07, 6.45) is 0. The molecule has 158 valence electrons. The fraction of sp³-hybridized carbons (Fsp3) is 0.632. The largest absolute Gasteiger partial charge is 0.339 e. The van der Waals surface area contributed by atoms with Gasteiger partial charge in [0.25, 0.3) is 0 Å². The van der Waals surface area contributed by atoms with Crippen LogP contribution in [-0.4, -0.2) is 73.7 Å². The van der Waals surface area contributed by atoms with E-state index in [4.69, 9.17) is 11.6 Å². The topological polar surface area (TPSA) is 60.9 Å². The summed E-state index contributed by atoms with van der Waals surface area (Å²) in [5, 5.41) is -0.228. The number of rotatable bonds is 7. The molecule has 28 heavy (non-hydrogen) atoms. The Balaban J connectivity index is 1.99. The second-order valence-corrected chi connectivity index (χ2v) is 9.75. The highest BCUT2D eigenvalue weighted by molar-refractivity contribution is 7.89. The summed E-state index contributed by atoms with van der Waals surface area (Å²) in [7, 11) is -3.77. The van der Waals surface area contributed by atoms with E-state index in [9.17, 15) is 17.6 Å². The molecule has 0 N–H and O–H groups in total. The van der Waals surface area contributed by atoms with Gasteiger partial charge >= 0.3 is 0 Å². The zero-order chi connectivity index (χ0) is 21.1. The Morgan fingerprint density at radius 3 is 2.32 bits per heavy atom. The third-order valence-corrected chi connectivity index (χ3v) is 7.59. The van der Waals surface area contributed by atoms with Gasteiger partial charge in [-0.05, 0) is 37.6 Å². The predicted molar refractivity (Wildman–Crippen MR) is 108 cm³/mol. The maximum atomic E-state index is 13.3. The second-order valence-electron chi connectivity index (χ2n) is 7.41. The van der Waals surface area contributed by atoms with Gasteiger partial charge in [-0.3, -0.25) is 9.69 Å². The normalized spacial score (nSPS) is 17.4. The molecule has 9 heteroatoms. The number of sulfonamides is 1. The van der Waals surface area contributed by atoms with Crippen molar-refractivity contribution in [3.8, 4) is 0 Å². The molecule has 1 unspecified atom stereocenters. The Morgan fingerprint density at radius 2 is 1.82 bits per heavy atom. The van der Waals surface area contributed by atoms with Gasteiger partial charge < -0.3 is 4.90 Å². The van der Waals surface area contributed by atoms with Crippen LogP contribution in [0.1, 0.15) is 27.7 Å². The lowest BCUT2D eigenvalue weighted by atomic mass is 10.0. The van der Waals surface area contributed by atoms with Crippen LogP contribution < -0.4 is 0 Å². The first kappa shape index (κ1) is 23.1. The van der Waals surface area contributed by atoms with Gasteiger partial charge in [-0.15, -0.1) is 0 Å². The van der Waals surface area contributed by atoms with Gasteiger partial charge in [0.05, 0.1) is 16.5 Å². The van der Waals surface area contributed by atoms with Crippen LogP contribution in [0.25, 0.3) is 0 Å². The quantitative estimate of drug-likeness (QED) is 0.663. The van der Waals surface area contributed by atoms with E-state index in [2.05, 4.69) is 25.7 Å². The minimum Gasteiger partial charge on any atom is -0.339 e. The van der Waals surface area contributed by atoms with Gasteiger partial charge in [-0.2, -0.15) is 4.31 Å². The first-order valence-electron chi connectivity index (χ1n) is 9.55. The predicted octanol–water partition coefficient (Wildman–Crippen LogP) is 2.68. The first-order chi connectivity index (χ1) is 13.1. The highest BCUT2D eigenvalue weighted by Crippen LogP contribution is 2.23. The Bertz CT molecular complexity index is 796.